The molecule has 0 aliphatic carbocycles. The van der Waals surface area contributed by atoms with E-state index in [9.17, 15) is 4.39 Å². The zero-order valence-electron chi connectivity index (χ0n) is 10.2. The molecule has 4 nitrogen and oxygen atoms in total. The fourth-order valence-electron chi connectivity index (χ4n) is 1.89. The van der Waals surface area contributed by atoms with E-state index in [1.54, 1.807) is 23.6 Å². The lowest BCUT2D eigenvalue weighted by molar-refractivity contribution is 0.628. The zero-order chi connectivity index (χ0) is 13.4. The summed E-state index contributed by atoms with van der Waals surface area (Å²) in [6, 6.07) is 5.10. The highest BCUT2D eigenvalue weighted by Gasteiger charge is 2.07. The smallest absolute Gasteiger partial charge is 0.221 e. The van der Waals surface area contributed by atoms with Crippen LogP contribution < -0.4 is 5.73 Å². The van der Waals surface area contributed by atoms with Crippen LogP contribution in [0.3, 0.4) is 0 Å². The van der Waals surface area contributed by atoms with Crippen LogP contribution in [-0.4, -0.2) is 15.9 Å². The number of nitrogens with zero attached hydrogens (tertiary/aromatic N) is 3. The van der Waals surface area contributed by atoms with Gasteiger partial charge in [-0.25, -0.2) is 14.1 Å². The number of thiophene rings is 1. The van der Waals surface area contributed by atoms with Gasteiger partial charge in [0.2, 0.25) is 5.95 Å². The molecule has 0 atom stereocenters. The van der Waals surface area contributed by atoms with Crippen molar-refractivity contribution in [2.24, 2.45) is 5.10 Å². The Kier molecular flexibility index (Phi) is 2.79. The number of benzene rings is 1. The Bertz CT molecular complexity index is 772. The van der Waals surface area contributed by atoms with Gasteiger partial charge in [0.25, 0.3) is 0 Å². The number of nitrogens with two attached hydrogens (primary N) is 1. The van der Waals surface area contributed by atoms with Crippen LogP contribution in [-0.2, 0) is 0 Å². The van der Waals surface area contributed by atoms with Gasteiger partial charge in [-0.1, -0.05) is 0 Å². The van der Waals surface area contributed by atoms with Crippen molar-refractivity contribution in [1.29, 1.82) is 0 Å². The molecule has 96 valence electrons. The quantitative estimate of drug-likeness (QED) is 0.730. The molecule has 0 amide bonds. The van der Waals surface area contributed by atoms with E-state index in [1.165, 1.54) is 17.0 Å². The van der Waals surface area contributed by atoms with Crippen LogP contribution >= 0.6 is 11.3 Å². The highest BCUT2D eigenvalue weighted by Crippen LogP contribution is 2.25. The Morgan fingerprint density at radius 1 is 1.42 bits per heavy atom. The van der Waals surface area contributed by atoms with E-state index < -0.39 is 0 Å². The van der Waals surface area contributed by atoms with Crippen LogP contribution in [0.5, 0.6) is 0 Å². The van der Waals surface area contributed by atoms with E-state index in [-0.39, 0.29) is 11.8 Å². The fourth-order valence-corrected chi connectivity index (χ4v) is 2.69. The number of rotatable bonds is 2. The number of nitrogen functional groups attached to an aromatic ring is 1. The topological polar surface area (TPSA) is 56.2 Å². The highest BCUT2D eigenvalue weighted by atomic mass is 32.1. The number of hydrogen-bond donors (Lipinski definition) is 1. The maximum atomic E-state index is 13.9. The Labute approximate surface area is 113 Å². The molecule has 0 aliphatic heterocycles. The summed E-state index contributed by atoms with van der Waals surface area (Å²) in [6.07, 6.45) is 3.17. The van der Waals surface area contributed by atoms with Gasteiger partial charge in [-0.15, -0.1) is 11.3 Å². The second-order valence-electron chi connectivity index (χ2n) is 4.12. The average molecular weight is 274 g/mol. The van der Waals surface area contributed by atoms with E-state index in [1.807, 2.05) is 18.4 Å². The van der Waals surface area contributed by atoms with Gasteiger partial charge in [0.15, 0.2) is 0 Å². The summed E-state index contributed by atoms with van der Waals surface area (Å²) in [5.74, 6) is -0.0169. The molecule has 19 heavy (non-hydrogen) atoms. The second kappa shape index (κ2) is 4.47. The monoisotopic (exact) mass is 274 g/mol. The molecule has 0 radical (unpaired) electrons. The Morgan fingerprint density at radius 3 is 3.00 bits per heavy atom. The molecule has 1 aromatic carbocycles. The van der Waals surface area contributed by atoms with Crippen LogP contribution in [0.4, 0.5) is 10.3 Å². The Balaban J connectivity index is 2.08. The van der Waals surface area contributed by atoms with Crippen molar-refractivity contribution in [1.82, 2.24) is 9.66 Å². The van der Waals surface area contributed by atoms with Crippen LogP contribution in [0.2, 0.25) is 0 Å². The summed E-state index contributed by atoms with van der Waals surface area (Å²) in [5.41, 5.74) is 6.91. The second-order valence-corrected chi connectivity index (χ2v) is 5.07. The lowest BCUT2D eigenvalue weighted by Crippen LogP contribution is -1.98. The van der Waals surface area contributed by atoms with Crippen LogP contribution in [0, 0.1) is 12.7 Å². The minimum absolute atomic E-state index is 0.284. The number of fused-ring (bicyclic) bond motifs is 1. The first-order valence-electron chi connectivity index (χ1n) is 5.66. The van der Waals surface area contributed by atoms with E-state index in [0.717, 1.165) is 15.8 Å². The molecule has 0 saturated heterocycles. The molecule has 2 heterocycles. The SMILES string of the molecule is Cc1cn(N=Cc2c(F)ccc3sccc23)c(N)n1. The lowest BCUT2D eigenvalue weighted by atomic mass is 10.1. The molecule has 3 aromatic rings. The van der Waals surface area contributed by atoms with Gasteiger partial charge in [0, 0.05) is 15.6 Å². The van der Waals surface area contributed by atoms with Gasteiger partial charge in [0.05, 0.1) is 18.1 Å². The van der Waals surface area contributed by atoms with Crippen molar-refractivity contribution in [2.75, 3.05) is 5.73 Å². The number of aryl methyl sites for hydroxylation is 1. The van der Waals surface area contributed by atoms with Crippen LogP contribution in [0.1, 0.15) is 11.3 Å². The third-order valence-electron chi connectivity index (χ3n) is 2.77. The lowest BCUT2D eigenvalue weighted by Gasteiger charge is -1.99. The fraction of sp³-hybridized carbons (Fsp3) is 0.0769. The summed E-state index contributed by atoms with van der Waals surface area (Å²) in [4.78, 5) is 4.03. The maximum absolute atomic E-state index is 13.9. The van der Waals surface area contributed by atoms with Crippen molar-refractivity contribution in [3.8, 4) is 0 Å². The molecule has 2 N–H and O–H groups in total. The molecule has 0 saturated carbocycles. The van der Waals surface area contributed by atoms with Crippen molar-refractivity contribution < 1.29 is 4.39 Å². The molecule has 3 rings (SSSR count). The van der Waals surface area contributed by atoms with Gasteiger partial charge >= 0.3 is 0 Å². The summed E-state index contributed by atoms with van der Waals surface area (Å²) >= 11 is 1.57. The Morgan fingerprint density at radius 2 is 2.26 bits per heavy atom. The summed E-state index contributed by atoms with van der Waals surface area (Å²) in [5, 5.41) is 6.94. The molecular weight excluding hydrogens is 263 g/mol. The minimum Gasteiger partial charge on any atom is -0.368 e. The van der Waals surface area contributed by atoms with Gasteiger partial charge in [-0.05, 0) is 30.5 Å². The summed E-state index contributed by atoms with van der Waals surface area (Å²) < 4.78 is 16.3. The van der Waals surface area contributed by atoms with Gasteiger partial charge in [-0.2, -0.15) is 5.10 Å². The van der Waals surface area contributed by atoms with E-state index in [4.69, 9.17) is 5.73 Å². The predicted octanol–water partition coefficient (Wildman–Crippen LogP) is 3.01. The van der Waals surface area contributed by atoms with Gasteiger partial charge in [0.1, 0.15) is 5.82 Å². The molecule has 6 heteroatoms. The highest BCUT2D eigenvalue weighted by molar-refractivity contribution is 7.17. The number of hydrogen-bond acceptors (Lipinski definition) is 4. The van der Waals surface area contributed by atoms with E-state index in [0.29, 0.717) is 5.56 Å². The third kappa shape index (κ3) is 2.10. The number of halogens is 1. The number of imidazole rings is 1. The van der Waals surface area contributed by atoms with Gasteiger partial charge in [-0.3, -0.25) is 0 Å². The third-order valence-corrected chi connectivity index (χ3v) is 3.65. The minimum atomic E-state index is -0.301. The molecule has 0 fully saturated rings. The van der Waals surface area contributed by atoms with E-state index in [2.05, 4.69) is 10.1 Å². The van der Waals surface area contributed by atoms with Crippen molar-refractivity contribution in [2.45, 2.75) is 6.92 Å². The maximum Gasteiger partial charge on any atom is 0.221 e. The first kappa shape index (κ1) is 11.9. The van der Waals surface area contributed by atoms with Crippen molar-refractivity contribution in [3.63, 3.8) is 0 Å². The van der Waals surface area contributed by atoms with Crippen LogP contribution in [0.15, 0.2) is 34.9 Å². The van der Waals surface area contributed by atoms with Crippen molar-refractivity contribution in [3.05, 3.63) is 46.9 Å². The first-order chi connectivity index (χ1) is 9.15. The Hall–Kier alpha value is -2.21. The predicted molar refractivity (Wildman–Crippen MR) is 76.2 cm³/mol. The number of anilines is 1. The number of aromatic nitrogens is 2. The summed E-state index contributed by atoms with van der Waals surface area (Å²) in [6.45, 7) is 1.82. The molecule has 0 bridgehead atoms. The molecule has 2 aromatic heterocycles. The molecule has 0 spiro atoms. The first-order valence-corrected chi connectivity index (χ1v) is 6.54. The molecule has 0 aliphatic rings. The molecule has 0 unspecified atom stereocenters. The standard InChI is InChI=1S/C13H11FN4S/c1-8-7-18(13(15)17-8)16-6-10-9-4-5-19-12(9)3-2-11(10)14/h2-7H,1H3,(H2,15,17). The largest absolute Gasteiger partial charge is 0.368 e. The van der Waals surface area contributed by atoms with Crippen LogP contribution in [0.25, 0.3) is 10.1 Å². The average Bonchev–Trinajstić information content (AvgIpc) is 2.95. The van der Waals surface area contributed by atoms with Gasteiger partial charge < -0.3 is 5.73 Å². The summed E-state index contributed by atoms with van der Waals surface area (Å²) in [7, 11) is 0. The van der Waals surface area contributed by atoms with Crippen molar-refractivity contribution >= 4 is 33.6 Å². The zero-order valence-corrected chi connectivity index (χ0v) is 11.0. The van der Waals surface area contributed by atoms with E-state index >= 15 is 0 Å². The molecular formula is C13H11FN4S. The normalized spacial score (nSPS) is 11.7.